The van der Waals surface area contributed by atoms with Crippen molar-refractivity contribution in [1.82, 2.24) is 20.1 Å². The molecule has 0 aliphatic carbocycles. The minimum absolute atomic E-state index is 0.203. The molecule has 9 heteroatoms. The molecule has 8 nitrogen and oxygen atoms in total. The van der Waals surface area contributed by atoms with Gasteiger partial charge in [-0.25, -0.2) is 14.1 Å². The molecule has 0 saturated heterocycles. The van der Waals surface area contributed by atoms with Crippen LogP contribution < -0.4 is 15.8 Å². The molecule has 0 radical (unpaired) electrons. The highest BCUT2D eigenvalue weighted by atomic mass is 19.1. The minimum Gasteiger partial charge on any atom is -0.482 e. The summed E-state index contributed by atoms with van der Waals surface area (Å²) in [7, 11) is 0. The summed E-state index contributed by atoms with van der Waals surface area (Å²) in [6.45, 7) is 4.36. The van der Waals surface area contributed by atoms with Gasteiger partial charge in [-0.2, -0.15) is 10.4 Å². The van der Waals surface area contributed by atoms with Crippen LogP contribution >= 0.6 is 0 Å². The predicted molar refractivity (Wildman–Crippen MR) is 119 cm³/mol. The van der Waals surface area contributed by atoms with Crippen LogP contribution in [0, 0.1) is 22.6 Å². The first-order valence-electron chi connectivity index (χ1n) is 10.1. The molecule has 3 aromatic rings. The van der Waals surface area contributed by atoms with Crippen molar-refractivity contribution >= 4 is 17.7 Å². The number of pyridine rings is 1. The minimum atomic E-state index is -0.587. The molecule has 0 spiro atoms. The van der Waals surface area contributed by atoms with Crippen molar-refractivity contribution in [3.05, 3.63) is 70.4 Å². The quantitative estimate of drug-likeness (QED) is 0.545. The number of nitrogens with two attached hydrogens (primary N) is 1. The van der Waals surface area contributed by atoms with Gasteiger partial charge in [0, 0.05) is 42.2 Å². The highest BCUT2D eigenvalue weighted by molar-refractivity contribution is 5.89. The fourth-order valence-corrected chi connectivity index (χ4v) is 3.78. The molecule has 0 amide bonds. The molecule has 1 aliphatic rings. The largest absolute Gasteiger partial charge is 0.482 e. The Labute approximate surface area is 184 Å². The first kappa shape index (κ1) is 21.1. The Morgan fingerprint density at radius 1 is 1.41 bits per heavy atom. The number of nitrogens with one attached hydrogen (secondary N) is 2. The first-order chi connectivity index (χ1) is 15.4. The van der Waals surface area contributed by atoms with E-state index >= 15 is 0 Å². The molecule has 2 aromatic heterocycles. The summed E-state index contributed by atoms with van der Waals surface area (Å²) in [5, 5.41) is 25.2. The topological polar surface area (TPSA) is 126 Å². The average molecular weight is 431 g/mol. The molecule has 0 fully saturated rings. The van der Waals surface area contributed by atoms with E-state index in [-0.39, 0.29) is 11.5 Å². The zero-order chi connectivity index (χ0) is 22.8. The number of aromatic nitrogens is 3. The number of nitriles is 1. The van der Waals surface area contributed by atoms with Gasteiger partial charge >= 0.3 is 0 Å². The van der Waals surface area contributed by atoms with Crippen molar-refractivity contribution < 1.29 is 9.13 Å². The molecule has 0 saturated carbocycles. The normalized spacial score (nSPS) is 17.6. The van der Waals surface area contributed by atoms with Gasteiger partial charge in [-0.15, -0.1) is 0 Å². The van der Waals surface area contributed by atoms with Crippen molar-refractivity contribution in [3.8, 4) is 17.5 Å². The van der Waals surface area contributed by atoms with Crippen molar-refractivity contribution in [2.24, 2.45) is 0 Å². The number of anilines is 1. The maximum absolute atomic E-state index is 14.2. The van der Waals surface area contributed by atoms with Crippen LogP contribution in [0.2, 0.25) is 0 Å². The van der Waals surface area contributed by atoms with Gasteiger partial charge in [0.1, 0.15) is 18.0 Å². The summed E-state index contributed by atoms with van der Waals surface area (Å²) in [6, 6.07) is 9.82. The average Bonchev–Trinajstić information content (AvgIpc) is 3.19. The van der Waals surface area contributed by atoms with Crippen molar-refractivity contribution in [3.63, 3.8) is 0 Å². The van der Waals surface area contributed by atoms with E-state index in [1.54, 1.807) is 36.0 Å². The lowest BCUT2D eigenvalue weighted by atomic mass is 10.0. The van der Waals surface area contributed by atoms with Gasteiger partial charge in [0.05, 0.1) is 11.4 Å². The SMILES string of the molecule is CCN/C1=C(\C=N)Cc2cc(C#N)nn2-c2ccc(F)cc2[C@@H](C)Oc2cc1cnc2N. The van der Waals surface area contributed by atoms with Crippen LogP contribution in [0.3, 0.4) is 0 Å². The summed E-state index contributed by atoms with van der Waals surface area (Å²) in [6.07, 6.45) is 2.60. The number of nitrogens with zero attached hydrogens (tertiary/aromatic N) is 4. The van der Waals surface area contributed by atoms with Crippen molar-refractivity contribution in [2.45, 2.75) is 26.4 Å². The summed E-state index contributed by atoms with van der Waals surface area (Å²) >= 11 is 0. The summed E-state index contributed by atoms with van der Waals surface area (Å²) in [4.78, 5) is 4.27. The molecule has 1 aliphatic heterocycles. The van der Waals surface area contributed by atoms with Crippen LogP contribution in [0.15, 0.2) is 42.1 Å². The number of benzene rings is 1. The van der Waals surface area contributed by atoms with Crippen LogP contribution in [0.4, 0.5) is 10.2 Å². The van der Waals surface area contributed by atoms with Gasteiger partial charge in [-0.1, -0.05) is 0 Å². The summed E-state index contributed by atoms with van der Waals surface area (Å²) in [5.74, 6) is 0.133. The Morgan fingerprint density at radius 2 is 2.22 bits per heavy atom. The highest BCUT2D eigenvalue weighted by Crippen LogP contribution is 2.33. The lowest BCUT2D eigenvalue weighted by molar-refractivity contribution is 0.226. The van der Waals surface area contributed by atoms with Gasteiger partial charge < -0.3 is 21.2 Å². The Balaban J connectivity index is 2.04. The van der Waals surface area contributed by atoms with E-state index in [1.165, 1.54) is 18.3 Å². The fourth-order valence-electron chi connectivity index (χ4n) is 3.78. The summed E-state index contributed by atoms with van der Waals surface area (Å²) < 4.78 is 21.9. The highest BCUT2D eigenvalue weighted by Gasteiger charge is 2.22. The van der Waals surface area contributed by atoms with Crippen molar-refractivity contribution in [1.29, 1.82) is 10.7 Å². The standard InChI is InChI=1S/C23H22FN7O/c1-3-28-22-14(10-25)6-18-9-17(11-26)30-31(18)20-5-4-16(24)8-19(20)13(2)32-21-7-15(22)12-29-23(21)27/h4-5,7-10,12-13,25,28H,3,6H2,1-2H3,(H2,27,29)/b22-14-,25-10?/t13-/m1/s1. The zero-order valence-electron chi connectivity index (χ0n) is 17.7. The fraction of sp³-hybridized carbons (Fsp3) is 0.217. The Hall–Kier alpha value is -4.19. The molecule has 162 valence electrons. The molecule has 32 heavy (non-hydrogen) atoms. The van der Waals surface area contributed by atoms with E-state index < -0.39 is 11.9 Å². The van der Waals surface area contributed by atoms with Crippen LogP contribution in [-0.4, -0.2) is 27.5 Å². The molecule has 3 heterocycles. The number of rotatable bonds is 3. The monoisotopic (exact) mass is 431 g/mol. The third-order valence-corrected chi connectivity index (χ3v) is 5.25. The molecular formula is C23H22FN7O. The van der Waals surface area contributed by atoms with E-state index in [2.05, 4.69) is 21.5 Å². The van der Waals surface area contributed by atoms with Crippen LogP contribution in [-0.2, 0) is 6.42 Å². The number of hydrogen-bond donors (Lipinski definition) is 3. The maximum Gasteiger partial charge on any atom is 0.166 e. The molecule has 2 bridgehead atoms. The van der Waals surface area contributed by atoms with Gasteiger partial charge in [-0.05, 0) is 49.8 Å². The van der Waals surface area contributed by atoms with E-state index in [1.807, 2.05) is 6.92 Å². The van der Waals surface area contributed by atoms with E-state index in [4.69, 9.17) is 15.9 Å². The number of hydrogen-bond acceptors (Lipinski definition) is 7. The Kier molecular flexibility index (Phi) is 5.60. The number of ether oxygens (including phenoxy) is 1. The Morgan fingerprint density at radius 3 is 2.94 bits per heavy atom. The zero-order valence-corrected chi connectivity index (χ0v) is 17.7. The molecular weight excluding hydrogens is 409 g/mol. The molecule has 1 aromatic carbocycles. The van der Waals surface area contributed by atoms with E-state index in [0.29, 0.717) is 52.5 Å². The predicted octanol–water partition coefficient (Wildman–Crippen LogP) is 3.53. The molecule has 4 rings (SSSR count). The van der Waals surface area contributed by atoms with Crippen LogP contribution in [0.5, 0.6) is 5.75 Å². The molecule has 4 N–H and O–H groups in total. The number of halogens is 1. The second-order valence-electron chi connectivity index (χ2n) is 7.37. The second-order valence-corrected chi connectivity index (χ2v) is 7.37. The summed E-state index contributed by atoms with van der Waals surface area (Å²) in [5.41, 5.74) is 10.2. The van der Waals surface area contributed by atoms with Gasteiger partial charge in [0.2, 0.25) is 0 Å². The van der Waals surface area contributed by atoms with Crippen LogP contribution in [0.25, 0.3) is 11.4 Å². The lowest BCUT2D eigenvalue weighted by Gasteiger charge is -2.23. The third kappa shape index (κ3) is 3.78. The van der Waals surface area contributed by atoms with Crippen LogP contribution in [0.1, 0.15) is 42.5 Å². The Bertz CT molecular complexity index is 1270. The number of nitrogen functional groups attached to an aromatic ring is 1. The smallest absolute Gasteiger partial charge is 0.166 e. The van der Waals surface area contributed by atoms with Crippen molar-refractivity contribution in [2.75, 3.05) is 12.3 Å². The first-order valence-corrected chi connectivity index (χ1v) is 10.1. The lowest BCUT2D eigenvalue weighted by Crippen LogP contribution is -2.18. The molecule has 0 unspecified atom stereocenters. The third-order valence-electron chi connectivity index (χ3n) is 5.25. The van der Waals surface area contributed by atoms with E-state index in [9.17, 15) is 9.65 Å². The number of fused-ring (bicyclic) bond motifs is 5. The molecule has 1 atom stereocenters. The number of allylic oxidation sites excluding steroid dienone is 1. The maximum atomic E-state index is 14.2. The second kappa shape index (κ2) is 8.51. The van der Waals surface area contributed by atoms with Gasteiger partial charge in [-0.3, -0.25) is 0 Å². The van der Waals surface area contributed by atoms with Gasteiger partial charge in [0.15, 0.2) is 17.3 Å². The van der Waals surface area contributed by atoms with Gasteiger partial charge in [0.25, 0.3) is 0 Å². The van der Waals surface area contributed by atoms with E-state index in [0.717, 1.165) is 0 Å².